The average Bonchev–Trinajstić information content (AvgIpc) is 2.56. The number of carbonyl (C=O) groups excluding carboxylic acids is 1. The van der Waals surface area contributed by atoms with Crippen LogP contribution in [0.1, 0.15) is 12.8 Å². The molecule has 1 aromatic heterocycles. The number of aliphatic hydroxyl groups excluding tert-OH is 1. The van der Waals surface area contributed by atoms with Gasteiger partial charge in [-0.1, -0.05) is 6.07 Å². The quantitative estimate of drug-likeness (QED) is 0.942. The largest absolute Gasteiger partial charge is 0.446 e. The number of cyclic esters (lactones) is 1. The van der Waals surface area contributed by atoms with E-state index in [2.05, 4.69) is 4.98 Å². The van der Waals surface area contributed by atoms with E-state index in [0.717, 1.165) is 5.56 Å². The summed E-state index contributed by atoms with van der Waals surface area (Å²) in [4.78, 5) is 18.0. The number of carbonyl (C=O) groups is 1. The maximum atomic E-state index is 13.0. The van der Waals surface area contributed by atoms with E-state index in [4.69, 9.17) is 9.84 Å². The van der Waals surface area contributed by atoms with Gasteiger partial charge in [-0.3, -0.25) is 4.90 Å². The van der Waals surface area contributed by atoms with Gasteiger partial charge >= 0.3 is 6.09 Å². The average molecular weight is 316 g/mol. The van der Waals surface area contributed by atoms with Crippen LogP contribution in [0.4, 0.5) is 15.0 Å². The summed E-state index contributed by atoms with van der Waals surface area (Å²) >= 11 is 0. The van der Waals surface area contributed by atoms with E-state index in [-0.39, 0.29) is 18.5 Å². The smallest absolute Gasteiger partial charge is 0.415 e. The van der Waals surface area contributed by atoms with Crippen molar-refractivity contribution < 1.29 is 19.0 Å². The van der Waals surface area contributed by atoms with E-state index in [9.17, 15) is 9.18 Å². The number of ether oxygens (including phenoxy) is 1. The van der Waals surface area contributed by atoms with Gasteiger partial charge in [0.15, 0.2) is 0 Å². The van der Waals surface area contributed by atoms with Crippen molar-refractivity contribution in [2.45, 2.75) is 18.9 Å². The number of amides is 1. The molecule has 2 heterocycles. The van der Waals surface area contributed by atoms with Crippen molar-refractivity contribution in [2.24, 2.45) is 0 Å². The molecule has 1 N–H and O–H groups in total. The lowest BCUT2D eigenvalue weighted by atomic mass is 10.1. The third-order valence-electron chi connectivity index (χ3n) is 3.76. The summed E-state index contributed by atoms with van der Waals surface area (Å²) in [5.41, 5.74) is 1.43. The monoisotopic (exact) mass is 316 g/mol. The second-order valence-corrected chi connectivity index (χ2v) is 5.35. The van der Waals surface area contributed by atoms with E-state index in [1.54, 1.807) is 30.3 Å². The Balaban J connectivity index is 1.80. The summed E-state index contributed by atoms with van der Waals surface area (Å²) in [6, 6.07) is 11.4. The Bertz CT molecular complexity index is 690. The lowest BCUT2D eigenvalue weighted by Gasteiger charge is -2.31. The topological polar surface area (TPSA) is 62.7 Å². The number of rotatable bonds is 4. The Hall–Kier alpha value is -2.47. The molecule has 120 valence electrons. The summed E-state index contributed by atoms with van der Waals surface area (Å²) in [5, 5.41) is 8.93. The molecule has 5 nitrogen and oxygen atoms in total. The van der Waals surface area contributed by atoms with Crippen LogP contribution in [0.25, 0.3) is 11.3 Å². The van der Waals surface area contributed by atoms with Crippen molar-refractivity contribution in [1.82, 2.24) is 4.98 Å². The van der Waals surface area contributed by atoms with Gasteiger partial charge in [0, 0.05) is 31.6 Å². The lowest BCUT2D eigenvalue weighted by Crippen LogP contribution is -2.42. The molecule has 0 radical (unpaired) electrons. The summed E-state index contributed by atoms with van der Waals surface area (Å²) in [5.74, 6) is 0.193. The standard InChI is InChI=1S/C17H17FN2O3/c18-13-6-4-12(5-7-13)15-2-1-3-16(19-15)20-10-8-14(9-11-21)23-17(20)22/h1-7,14,21H,8-11H2. The first-order valence-electron chi connectivity index (χ1n) is 7.49. The molecule has 6 heteroatoms. The van der Waals surface area contributed by atoms with Crippen molar-refractivity contribution in [2.75, 3.05) is 18.1 Å². The highest BCUT2D eigenvalue weighted by atomic mass is 19.1. The Morgan fingerprint density at radius 3 is 2.74 bits per heavy atom. The molecule has 0 bridgehead atoms. The zero-order chi connectivity index (χ0) is 16.2. The highest BCUT2D eigenvalue weighted by Gasteiger charge is 2.28. The first-order chi connectivity index (χ1) is 11.2. The van der Waals surface area contributed by atoms with Crippen LogP contribution in [0.5, 0.6) is 0 Å². The fourth-order valence-corrected chi connectivity index (χ4v) is 2.54. The molecule has 1 aromatic carbocycles. The lowest BCUT2D eigenvalue weighted by molar-refractivity contribution is 0.0674. The summed E-state index contributed by atoms with van der Waals surface area (Å²) in [6.45, 7) is 0.486. The third kappa shape index (κ3) is 3.48. The Kier molecular flexibility index (Phi) is 4.52. The molecule has 1 aliphatic rings. The van der Waals surface area contributed by atoms with Gasteiger partial charge in [0.1, 0.15) is 17.7 Å². The van der Waals surface area contributed by atoms with Crippen molar-refractivity contribution in [3.8, 4) is 11.3 Å². The molecular weight excluding hydrogens is 299 g/mol. The van der Waals surface area contributed by atoms with Gasteiger partial charge in [0.25, 0.3) is 0 Å². The van der Waals surface area contributed by atoms with E-state index >= 15 is 0 Å². The van der Waals surface area contributed by atoms with Crippen molar-refractivity contribution in [3.63, 3.8) is 0 Å². The molecule has 0 saturated carbocycles. The van der Waals surface area contributed by atoms with Crippen LogP contribution in [-0.2, 0) is 4.74 Å². The van der Waals surface area contributed by atoms with Crippen LogP contribution in [0, 0.1) is 5.82 Å². The van der Waals surface area contributed by atoms with E-state index in [1.807, 2.05) is 0 Å². The molecule has 0 spiro atoms. The molecule has 1 fully saturated rings. The van der Waals surface area contributed by atoms with Gasteiger partial charge < -0.3 is 9.84 Å². The van der Waals surface area contributed by atoms with Gasteiger partial charge in [-0.05, 0) is 36.4 Å². The summed E-state index contributed by atoms with van der Waals surface area (Å²) in [7, 11) is 0. The number of halogens is 1. The predicted molar refractivity (Wildman–Crippen MR) is 83.6 cm³/mol. The van der Waals surface area contributed by atoms with Gasteiger partial charge in [-0.2, -0.15) is 0 Å². The van der Waals surface area contributed by atoms with Crippen molar-refractivity contribution >= 4 is 11.9 Å². The van der Waals surface area contributed by atoms with Crippen LogP contribution >= 0.6 is 0 Å². The zero-order valence-corrected chi connectivity index (χ0v) is 12.5. The SMILES string of the molecule is O=C1OC(CCO)CCN1c1cccc(-c2ccc(F)cc2)n1. The molecule has 1 amide bonds. The predicted octanol–water partition coefficient (Wildman–Crippen LogP) is 2.99. The highest BCUT2D eigenvalue weighted by Crippen LogP contribution is 2.24. The van der Waals surface area contributed by atoms with E-state index < -0.39 is 6.09 Å². The van der Waals surface area contributed by atoms with Crippen LogP contribution in [0.2, 0.25) is 0 Å². The van der Waals surface area contributed by atoms with Crippen LogP contribution in [0.3, 0.4) is 0 Å². The fraction of sp³-hybridized carbons (Fsp3) is 0.294. The minimum absolute atomic E-state index is 0.00372. The van der Waals surface area contributed by atoms with E-state index in [0.29, 0.717) is 30.9 Å². The van der Waals surface area contributed by atoms with Crippen LogP contribution in [-0.4, -0.2) is 35.4 Å². The molecule has 1 saturated heterocycles. The minimum atomic E-state index is -0.460. The Labute approximate surface area is 133 Å². The van der Waals surface area contributed by atoms with Crippen LogP contribution in [0.15, 0.2) is 42.5 Å². The van der Waals surface area contributed by atoms with Gasteiger partial charge in [-0.15, -0.1) is 0 Å². The number of nitrogens with zero attached hydrogens (tertiary/aromatic N) is 2. The van der Waals surface area contributed by atoms with Crippen molar-refractivity contribution in [3.05, 3.63) is 48.3 Å². The molecular formula is C17H17FN2O3. The van der Waals surface area contributed by atoms with Gasteiger partial charge in [-0.25, -0.2) is 14.2 Å². The number of benzene rings is 1. The number of anilines is 1. The Morgan fingerprint density at radius 2 is 2.04 bits per heavy atom. The maximum absolute atomic E-state index is 13.0. The normalized spacial score (nSPS) is 17.9. The molecule has 23 heavy (non-hydrogen) atoms. The molecule has 1 aliphatic heterocycles. The maximum Gasteiger partial charge on any atom is 0.415 e. The number of aliphatic hydroxyl groups is 1. The Morgan fingerprint density at radius 1 is 1.26 bits per heavy atom. The van der Waals surface area contributed by atoms with Crippen LogP contribution < -0.4 is 4.90 Å². The third-order valence-corrected chi connectivity index (χ3v) is 3.76. The number of hydrogen-bond donors (Lipinski definition) is 1. The molecule has 1 unspecified atom stereocenters. The number of aromatic nitrogens is 1. The van der Waals surface area contributed by atoms with E-state index in [1.165, 1.54) is 17.0 Å². The zero-order valence-electron chi connectivity index (χ0n) is 12.5. The second-order valence-electron chi connectivity index (χ2n) is 5.35. The van der Waals surface area contributed by atoms with Gasteiger partial charge in [0.05, 0.1) is 5.69 Å². The summed E-state index contributed by atoms with van der Waals surface area (Å²) < 4.78 is 18.3. The van der Waals surface area contributed by atoms with Crippen molar-refractivity contribution in [1.29, 1.82) is 0 Å². The second kappa shape index (κ2) is 6.75. The summed E-state index contributed by atoms with van der Waals surface area (Å²) in [6.07, 6.45) is 0.389. The number of pyridine rings is 1. The van der Waals surface area contributed by atoms with Gasteiger partial charge in [0.2, 0.25) is 0 Å². The fourth-order valence-electron chi connectivity index (χ4n) is 2.54. The first-order valence-corrected chi connectivity index (χ1v) is 7.49. The first kappa shape index (κ1) is 15.4. The molecule has 3 rings (SSSR count). The molecule has 2 aromatic rings. The molecule has 0 aliphatic carbocycles. The minimum Gasteiger partial charge on any atom is -0.446 e. The number of hydrogen-bond acceptors (Lipinski definition) is 4. The molecule has 1 atom stereocenters. The highest BCUT2D eigenvalue weighted by molar-refractivity contribution is 5.87.